The fourth-order valence-electron chi connectivity index (χ4n) is 8.95. The highest BCUT2D eigenvalue weighted by molar-refractivity contribution is 5.09. The van der Waals surface area contributed by atoms with Gasteiger partial charge < -0.3 is 0 Å². The summed E-state index contributed by atoms with van der Waals surface area (Å²) in [6, 6.07) is 0. The number of rotatable bonds is 4. The third-order valence-corrected chi connectivity index (χ3v) is 10.4. The predicted octanol–water partition coefficient (Wildman–Crippen LogP) is 8.03. The summed E-state index contributed by atoms with van der Waals surface area (Å²) in [5.41, 5.74) is 2.73. The van der Waals surface area contributed by atoms with Crippen molar-refractivity contribution in [3.8, 4) is 0 Å². The first kappa shape index (κ1) is 19.1. The van der Waals surface area contributed by atoms with Crippen molar-refractivity contribution in [2.24, 2.45) is 46.3 Å². The van der Waals surface area contributed by atoms with Crippen LogP contribution in [-0.2, 0) is 0 Å². The van der Waals surface area contributed by atoms with Crippen LogP contribution in [0, 0.1) is 46.3 Å². The van der Waals surface area contributed by atoms with E-state index in [0.29, 0.717) is 10.8 Å². The SMILES string of the molecule is C=C(C)CCC(C)C1CCC2C3CCC4CCCC[C@]4(C)C3CC[C@]12C. The third kappa shape index (κ3) is 2.93. The van der Waals surface area contributed by atoms with Crippen molar-refractivity contribution in [2.45, 2.75) is 105 Å². The molecule has 0 aromatic carbocycles. The van der Waals surface area contributed by atoms with Crippen molar-refractivity contribution >= 4 is 0 Å². The molecule has 0 spiro atoms. The van der Waals surface area contributed by atoms with Gasteiger partial charge in [0.2, 0.25) is 0 Å². The van der Waals surface area contributed by atoms with Crippen LogP contribution >= 0.6 is 0 Å². The van der Waals surface area contributed by atoms with Crippen LogP contribution in [-0.4, -0.2) is 0 Å². The molecule has 4 aliphatic carbocycles. The maximum absolute atomic E-state index is 4.15. The smallest absolute Gasteiger partial charge is 0.0264 e. The van der Waals surface area contributed by atoms with Gasteiger partial charge in [-0.05, 0) is 117 Å². The molecule has 0 heteroatoms. The molecular formula is C26H44. The van der Waals surface area contributed by atoms with Gasteiger partial charge in [-0.15, -0.1) is 6.58 Å². The highest BCUT2D eigenvalue weighted by atomic mass is 14.6. The second-order valence-corrected chi connectivity index (χ2v) is 11.6. The fourth-order valence-corrected chi connectivity index (χ4v) is 8.95. The lowest BCUT2D eigenvalue weighted by Gasteiger charge is -2.61. The van der Waals surface area contributed by atoms with Crippen LogP contribution in [0.1, 0.15) is 105 Å². The quantitative estimate of drug-likeness (QED) is 0.447. The van der Waals surface area contributed by atoms with E-state index in [2.05, 4.69) is 34.3 Å². The Morgan fingerprint density at radius 3 is 2.46 bits per heavy atom. The van der Waals surface area contributed by atoms with Crippen LogP contribution in [0.25, 0.3) is 0 Å². The Balaban J connectivity index is 1.52. The first-order valence-corrected chi connectivity index (χ1v) is 12.0. The summed E-state index contributed by atoms with van der Waals surface area (Å²) in [7, 11) is 0. The average molecular weight is 357 g/mol. The topological polar surface area (TPSA) is 0 Å². The van der Waals surface area contributed by atoms with E-state index in [1.165, 1.54) is 44.1 Å². The lowest BCUT2D eigenvalue weighted by molar-refractivity contribution is -0.114. The standard InChI is InChI=1S/C26H44/c1-18(2)9-10-19(3)22-13-14-23-21-12-11-20-8-6-7-16-25(20,4)24(21)15-17-26(22,23)5/h19-24H,1,6-17H2,2-5H3/t19?,20?,21?,22?,23?,24?,25-,26+/m0/s1. The van der Waals surface area contributed by atoms with Gasteiger partial charge in [0.25, 0.3) is 0 Å². The lowest BCUT2D eigenvalue weighted by atomic mass is 9.44. The van der Waals surface area contributed by atoms with Gasteiger partial charge in [-0.1, -0.05) is 39.2 Å². The summed E-state index contributed by atoms with van der Waals surface area (Å²) in [5, 5.41) is 0. The second kappa shape index (κ2) is 6.97. The molecule has 4 aliphatic rings. The van der Waals surface area contributed by atoms with Crippen molar-refractivity contribution in [1.29, 1.82) is 0 Å². The molecule has 0 amide bonds. The number of hydrogen-bond acceptors (Lipinski definition) is 0. The average Bonchev–Trinajstić information content (AvgIpc) is 2.96. The van der Waals surface area contributed by atoms with Crippen molar-refractivity contribution in [3.63, 3.8) is 0 Å². The first-order valence-electron chi connectivity index (χ1n) is 12.0. The molecule has 0 aromatic rings. The van der Waals surface area contributed by atoms with E-state index in [9.17, 15) is 0 Å². The summed E-state index contributed by atoms with van der Waals surface area (Å²) < 4.78 is 0. The molecule has 0 aliphatic heterocycles. The van der Waals surface area contributed by atoms with E-state index < -0.39 is 0 Å². The Morgan fingerprint density at radius 1 is 0.923 bits per heavy atom. The van der Waals surface area contributed by atoms with Crippen LogP contribution in [0.2, 0.25) is 0 Å². The zero-order valence-corrected chi connectivity index (χ0v) is 18.2. The molecule has 148 valence electrons. The second-order valence-electron chi connectivity index (χ2n) is 11.6. The van der Waals surface area contributed by atoms with Crippen molar-refractivity contribution in [2.75, 3.05) is 0 Å². The largest absolute Gasteiger partial charge is 0.100 e. The Kier molecular flexibility index (Phi) is 5.11. The minimum atomic E-state index is 0.646. The molecule has 0 radical (unpaired) electrons. The Hall–Kier alpha value is -0.260. The number of allylic oxidation sites excluding steroid dienone is 1. The predicted molar refractivity (Wildman–Crippen MR) is 113 cm³/mol. The van der Waals surface area contributed by atoms with Crippen LogP contribution in [0.3, 0.4) is 0 Å². The minimum Gasteiger partial charge on any atom is -0.100 e. The van der Waals surface area contributed by atoms with Crippen molar-refractivity contribution in [3.05, 3.63) is 12.2 Å². The fraction of sp³-hybridized carbons (Fsp3) is 0.923. The molecule has 0 N–H and O–H groups in total. The van der Waals surface area contributed by atoms with E-state index in [4.69, 9.17) is 0 Å². The Labute approximate surface area is 163 Å². The summed E-state index contributed by atoms with van der Waals surface area (Å²) in [6.45, 7) is 14.4. The normalized spacial score (nSPS) is 49.0. The molecule has 0 aromatic heterocycles. The van der Waals surface area contributed by atoms with E-state index in [0.717, 1.165) is 35.5 Å². The van der Waals surface area contributed by atoms with E-state index in [1.807, 2.05) is 0 Å². The van der Waals surface area contributed by atoms with Gasteiger partial charge in [0.05, 0.1) is 0 Å². The van der Waals surface area contributed by atoms with Gasteiger partial charge in [-0.2, -0.15) is 0 Å². The van der Waals surface area contributed by atoms with Crippen molar-refractivity contribution < 1.29 is 0 Å². The van der Waals surface area contributed by atoms with Gasteiger partial charge >= 0.3 is 0 Å². The molecule has 6 unspecified atom stereocenters. The Morgan fingerprint density at radius 2 is 1.69 bits per heavy atom. The van der Waals surface area contributed by atoms with Gasteiger partial charge in [0, 0.05) is 0 Å². The third-order valence-electron chi connectivity index (χ3n) is 10.4. The van der Waals surface area contributed by atoms with Crippen LogP contribution in [0.5, 0.6) is 0 Å². The van der Waals surface area contributed by atoms with Crippen molar-refractivity contribution in [1.82, 2.24) is 0 Å². The maximum Gasteiger partial charge on any atom is -0.0264 e. The molecular weight excluding hydrogens is 312 g/mol. The first-order chi connectivity index (χ1) is 12.4. The molecule has 4 fully saturated rings. The summed E-state index contributed by atoms with van der Waals surface area (Å²) in [4.78, 5) is 0. The van der Waals surface area contributed by atoms with Gasteiger partial charge in [0.1, 0.15) is 0 Å². The lowest BCUT2D eigenvalue weighted by Crippen LogP contribution is -2.53. The van der Waals surface area contributed by atoms with Crippen LogP contribution in [0.4, 0.5) is 0 Å². The van der Waals surface area contributed by atoms with Gasteiger partial charge in [-0.25, -0.2) is 0 Å². The molecule has 26 heavy (non-hydrogen) atoms. The summed E-state index contributed by atoms with van der Waals surface area (Å²) in [6.07, 6.45) is 18.0. The number of fused-ring (bicyclic) bond motifs is 5. The van der Waals surface area contributed by atoms with E-state index >= 15 is 0 Å². The van der Waals surface area contributed by atoms with E-state index in [1.54, 1.807) is 38.5 Å². The maximum atomic E-state index is 4.15. The monoisotopic (exact) mass is 356 g/mol. The molecule has 4 rings (SSSR count). The Bertz CT molecular complexity index is 532. The highest BCUT2D eigenvalue weighted by Gasteiger charge is 2.59. The van der Waals surface area contributed by atoms with Gasteiger partial charge in [0.15, 0.2) is 0 Å². The summed E-state index contributed by atoms with van der Waals surface area (Å²) in [5.74, 6) is 6.09. The molecule has 0 saturated heterocycles. The van der Waals surface area contributed by atoms with Crippen LogP contribution in [0.15, 0.2) is 12.2 Å². The highest BCUT2D eigenvalue weighted by Crippen LogP contribution is 2.68. The minimum absolute atomic E-state index is 0.646. The van der Waals surface area contributed by atoms with Crippen LogP contribution < -0.4 is 0 Å². The summed E-state index contributed by atoms with van der Waals surface area (Å²) >= 11 is 0. The zero-order valence-electron chi connectivity index (χ0n) is 18.2. The molecule has 8 atom stereocenters. The molecule has 0 nitrogen and oxygen atoms in total. The molecule has 4 saturated carbocycles. The zero-order chi connectivity index (χ0) is 18.5. The molecule has 0 heterocycles. The number of hydrogen-bond donors (Lipinski definition) is 0. The van der Waals surface area contributed by atoms with Gasteiger partial charge in [-0.3, -0.25) is 0 Å². The molecule has 0 bridgehead atoms. The van der Waals surface area contributed by atoms with E-state index in [-0.39, 0.29) is 0 Å².